The van der Waals surface area contributed by atoms with Crippen molar-refractivity contribution >= 4 is 5.91 Å². The number of hydrogen-bond acceptors (Lipinski definition) is 5. The third-order valence-corrected chi connectivity index (χ3v) is 4.25. The summed E-state index contributed by atoms with van der Waals surface area (Å²) in [6, 6.07) is 8.45. The van der Waals surface area contributed by atoms with E-state index < -0.39 is 0 Å². The summed E-state index contributed by atoms with van der Waals surface area (Å²) in [6.45, 7) is 5.68. The fourth-order valence-corrected chi connectivity index (χ4v) is 2.71. The van der Waals surface area contributed by atoms with E-state index in [-0.39, 0.29) is 5.91 Å². The second kappa shape index (κ2) is 11.4. The largest absolute Gasteiger partial charge is 0.494 e. The zero-order valence-electron chi connectivity index (χ0n) is 16.1. The van der Waals surface area contributed by atoms with E-state index in [9.17, 15) is 4.79 Å². The molecule has 7 nitrogen and oxygen atoms in total. The molecule has 0 aliphatic carbocycles. The highest BCUT2D eigenvalue weighted by Gasteiger charge is 2.08. The number of unbranched alkanes of at least 4 members (excludes halogenated alkanes) is 3. The number of benzene rings is 1. The van der Waals surface area contributed by atoms with E-state index in [1.165, 1.54) is 0 Å². The number of H-pyrrole nitrogens is 1. The molecule has 0 fully saturated rings. The van der Waals surface area contributed by atoms with Crippen LogP contribution in [-0.4, -0.2) is 34.0 Å². The van der Waals surface area contributed by atoms with Gasteiger partial charge in [0, 0.05) is 30.1 Å². The van der Waals surface area contributed by atoms with Gasteiger partial charge in [0.1, 0.15) is 5.75 Å². The van der Waals surface area contributed by atoms with Crippen LogP contribution < -0.4 is 15.5 Å². The molecule has 0 saturated heterocycles. The molecule has 0 aliphatic rings. The summed E-state index contributed by atoms with van der Waals surface area (Å²) < 4.78 is 5.78. The number of aromatic nitrogens is 2. The normalized spacial score (nSPS) is 11.0. The van der Waals surface area contributed by atoms with Crippen LogP contribution in [0.25, 0.3) is 11.3 Å². The van der Waals surface area contributed by atoms with Crippen molar-refractivity contribution in [1.82, 2.24) is 21.0 Å². The molecule has 27 heavy (non-hydrogen) atoms. The topological polar surface area (TPSA) is 99.3 Å². The summed E-state index contributed by atoms with van der Waals surface area (Å²) in [4.78, 5) is 10.9. The number of nitrogens with one attached hydrogen (secondary N) is 3. The average Bonchev–Trinajstić information content (AvgIpc) is 3.14. The zero-order valence-corrected chi connectivity index (χ0v) is 16.1. The first-order valence-corrected chi connectivity index (χ1v) is 9.52. The van der Waals surface area contributed by atoms with Gasteiger partial charge in [-0.1, -0.05) is 26.7 Å². The van der Waals surface area contributed by atoms with E-state index in [2.05, 4.69) is 29.4 Å². The summed E-state index contributed by atoms with van der Waals surface area (Å²) >= 11 is 0. The van der Waals surface area contributed by atoms with E-state index in [0.717, 1.165) is 54.8 Å². The molecular weight excluding hydrogens is 344 g/mol. The van der Waals surface area contributed by atoms with Gasteiger partial charge in [0.15, 0.2) is 0 Å². The molecular formula is C20H30N4O3. The number of carbonyl (C=O) groups is 1. The van der Waals surface area contributed by atoms with E-state index >= 15 is 0 Å². The fraction of sp³-hybridized carbons (Fsp3) is 0.500. The molecule has 148 valence electrons. The Kier molecular flexibility index (Phi) is 8.80. The lowest BCUT2D eigenvalue weighted by Crippen LogP contribution is -2.21. The first kappa shape index (κ1) is 20.9. The van der Waals surface area contributed by atoms with Crippen molar-refractivity contribution in [2.75, 3.05) is 6.61 Å². The summed E-state index contributed by atoms with van der Waals surface area (Å²) in [5.41, 5.74) is 4.91. The third kappa shape index (κ3) is 7.40. The van der Waals surface area contributed by atoms with Gasteiger partial charge in [-0.2, -0.15) is 5.10 Å². The molecule has 2 aromatic rings. The number of amides is 1. The molecule has 1 aromatic carbocycles. The minimum atomic E-state index is -0.327. The lowest BCUT2D eigenvalue weighted by atomic mass is 10.1. The molecule has 0 saturated carbocycles. The second-order valence-electron chi connectivity index (χ2n) is 6.88. The van der Waals surface area contributed by atoms with Gasteiger partial charge in [0.2, 0.25) is 5.91 Å². The number of ether oxygens (including phenoxy) is 1. The van der Waals surface area contributed by atoms with Crippen LogP contribution in [0.1, 0.15) is 51.5 Å². The molecule has 7 heteroatoms. The fourth-order valence-electron chi connectivity index (χ4n) is 2.71. The van der Waals surface area contributed by atoms with Gasteiger partial charge in [0.05, 0.1) is 18.5 Å². The zero-order chi connectivity index (χ0) is 19.5. The molecule has 1 amide bonds. The minimum absolute atomic E-state index is 0.327. The van der Waals surface area contributed by atoms with Crippen molar-refractivity contribution in [2.45, 2.75) is 58.5 Å². The van der Waals surface area contributed by atoms with Crippen LogP contribution in [0, 0.1) is 0 Å². The Bertz CT molecular complexity index is 683. The SMILES string of the molecule is CC(C)NCc1cn[nH]c1-c1ccc(OCCCCCCC(=O)NO)cc1. The lowest BCUT2D eigenvalue weighted by Gasteiger charge is -2.09. The monoisotopic (exact) mass is 374 g/mol. The van der Waals surface area contributed by atoms with Gasteiger partial charge in [0.25, 0.3) is 0 Å². The van der Waals surface area contributed by atoms with Gasteiger partial charge in [-0.3, -0.25) is 15.1 Å². The van der Waals surface area contributed by atoms with Gasteiger partial charge in [-0.05, 0) is 37.1 Å². The maximum Gasteiger partial charge on any atom is 0.243 e. The number of hydroxylamine groups is 1. The van der Waals surface area contributed by atoms with Gasteiger partial charge in [-0.15, -0.1) is 0 Å². The summed E-state index contributed by atoms with van der Waals surface area (Å²) in [7, 11) is 0. The molecule has 0 radical (unpaired) electrons. The molecule has 4 N–H and O–H groups in total. The number of aromatic amines is 1. The van der Waals surface area contributed by atoms with Crippen LogP contribution in [0.2, 0.25) is 0 Å². The third-order valence-electron chi connectivity index (χ3n) is 4.25. The van der Waals surface area contributed by atoms with E-state index in [1.54, 1.807) is 5.48 Å². The first-order valence-electron chi connectivity index (χ1n) is 9.52. The quantitative estimate of drug-likeness (QED) is 0.259. The standard InChI is InChI=1S/C20H30N4O3/c1-15(2)21-13-17-14-22-23-20(17)16-8-10-18(11-9-16)27-12-6-4-3-5-7-19(25)24-26/h8-11,14-15,21,26H,3-7,12-13H2,1-2H3,(H,22,23)(H,24,25). The summed E-state index contributed by atoms with van der Waals surface area (Å²) in [6.07, 6.45) is 5.88. The lowest BCUT2D eigenvalue weighted by molar-refractivity contribution is -0.129. The van der Waals surface area contributed by atoms with Gasteiger partial charge in [-0.25, -0.2) is 5.48 Å². The van der Waals surface area contributed by atoms with Crippen LogP contribution >= 0.6 is 0 Å². The van der Waals surface area contributed by atoms with Crippen molar-refractivity contribution in [1.29, 1.82) is 0 Å². The van der Waals surface area contributed by atoms with Crippen LogP contribution in [0.5, 0.6) is 5.75 Å². The van der Waals surface area contributed by atoms with Crippen molar-refractivity contribution in [3.8, 4) is 17.0 Å². The molecule has 0 atom stereocenters. The average molecular weight is 374 g/mol. The molecule has 1 aromatic heterocycles. The molecule has 0 spiro atoms. The molecule has 2 rings (SSSR count). The van der Waals surface area contributed by atoms with Crippen LogP contribution in [0.3, 0.4) is 0 Å². The maximum absolute atomic E-state index is 10.9. The predicted molar refractivity (Wildman–Crippen MR) is 105 cm³/mol. The highest BCUT2D eigenvalue weighted by atomic mass is 16.5. The van der Waals surface area contributed by atoms with E-state index in [4.69, 9.17) is 9.94 Å². The Morgan fingerprint density at radius 2 is 1.93 bits per heavy atom. The Hall–Kier alpha value is -2.38. The number of nitrogens with zero attached hydrogens (tertiary/aromatic N) is 1. The van der Waals surface area contributed by atoms with Crippen molar-refractivity contribution in [3.05, 3.63) is 36.0 Å². The molecule has 0 unspecified atom stereocenters. The predicted octanol–water partition coefficient (Wildman–Crippen LogP) is 3.41. The van der Waals surface area contributed by atoms with E-state index in [0.29, 0.717) is 19.1 Å². The van der Waals surface area contributed by atoms with Gasteiger partial charge >= 0.3 is 0 Å². The minimum Gasteiger partial charge on any atom is -0.494 e. The van der Waals surface area contributed by atoms with Crippen LogP contribution in [0.4, 0.5) is 0 Å². The highest BCUT2D eigenvalue weighted by Crippen LogP contribution is 2.24. The molecule has 1 heterocycles. The number of rotatable bonds is 12. The van der Waals surface area contributed by atoms with Crippen LogP contribution in [-0.2, 0) is 11.3 Å². The van der Waals surface area contributed by atoms with Crippen molar-refractivity contribution in [3.63, 3.8) is 0 Å². The van der Waals surface area contributed by atoms with Crippen molar-refractivity contribution < 1.29 is 14.7 Å². The smallest absolute Gasteiger partial charge is 0.243 e. The number of carbonyl (C=O) groups excluding carboxylic acids is 1. The Labute approximate surface area is 160 Å². The maximum atomic E-state index is 10.9. The van der Waals surface area contributed by atoms with Gasteiger partial charge < -0.3 is 10.1 Å². The Morgan fingerprint density at radius 1 is 1.19 bits per heavy atom. The summed E-state index contributed by atoms with van der Waals surface area (Å²) in [5.74, 6) is 0.520. The highest BCUT2D eigenvalue weighted by molar-refractivity contribution is 5.74. The Morgan fingerprint density at radius 3 is 2.63 bits per heavy atom. The molecule has 0 aliphatic heterocycles. The molecule has 0 bridgehead atoms. The Balaban J connectivity index is 1.73. The summed E-state index contributed by atoms with van der Waals surface area (Å²) in [5, 5.41) is 19.1. The second-order valence-corrected chi connectivity index (χ2v) is 6.88. The number of hydrogen-bond donors (Lipinski definition) is 4. The first-order chi connectivity index (χ1) is 13.1. The van der Waals surface area contributed by atoms with Crippen molar-refractivity contribution in [2.24, 2.45) is 0 Å². The van der Waals surface area contributed by atoms with E-state index in [1.807, 2.05) is 30.5 Å². The van der Waals surface area contributed by atoms with Crippen LogP contribution in [0.15, 0.2) is 30.5 Å².